The van der Waals surface area contributed by atoms with Gasteiger partial charge in [-0.25, -0.2) is 4.39 Å². The van der Waals surface area contributed by atoms with Crippen molar-refractivity contribution < 1.29 is 23.5 Å². The number of benzene rings is 2. The van der Waals surface area contributed by atoms with Crippen LogP contribution in [-0.4, -0.2) is 93.0 Å². The monoisotopic (exact) mass is 669 g/mol. The van der Waals surface area contributed by atoms with Crippen molar-refractivity contribution in [3.05, 3.63) is 101 Å². The molecule has 2 fully saturated rings. The number of hydrogen-bond donors (Lipinski definition) is 1. The fourth-order valence-electron chi connectivity index (χ4n) is 7.65. The van der Waals surface area contributed by atoms with Gasteiger partial charge in [-0.3, -0.25) is 29.2 Å². The molecular weight excluding hydrogens is 621 g/mol. The maximum atomic E-state index is 16.9. The largest absolute Gasteiger partial charge is 0.350 e. The predicted octanol–water partition coefficient (Wildman–Crippen LogP) is 4.51. The molecule has 0 radical (unpaired) electrons. The van der Waals surface area contributed by atoms with Crippen molar-refractivity contribution in [2.75, 3.05) is 26.2 Å². The summed E-state index contributed by atoms with van der Waals surface area (Å²) in [4.78, 5) is 52.1. The molecule has 3 heterocycles. The number of carbonyl (C=O) groups excluding carboxylic acids is 3. The van der Waals surface area contributed by atoms with Crippen LogP contribution in [0.1, 0.15) is 62.9 Å². The fourth-order valence-corrected chi connectivity index (χ4v) is 7.65. The van der Waals surface area contributed by atoms with Gasteiger partial charge in [0.25, 0.3) is 0 Å². The number of fused-ring (bicyclic) bond motifs is 3. The van der Waals surface area contributed by atoms with Crippen LogP contribution in [0, 0.1) is 5.92 Å². The van der Waals surface area contributed by atoms with Gasteiger partial charge in [-0.05, 0) is 69.4 Å². The minimum absolute atomic E-state index is 0.0605. The highest BCUT2D eigenvalue weighted by molar-refractivity contribution is 5.93. The maximum Gasteiger partial charge on any atom is 0.239 e. The van der Waals surface area contributed by atoms with Crippen molar-refractivity contribution >= 4 is 17.6 Å². The van der Waals surface area contributed by atoms with Crippen LogP contribution in [-0.2, 0) is 38.5 Å². The maximum absolute atomic E-state index is 16.9. The molecule has 5 atom stereocenters. The minimum Gasteiger partial charge on any atom is -0.350 e. The van der Waals surface area contributed by atoms with E-state index in [1.54, 1.807) is 22.2 Å². The van der Waals surface area contributed by atoms with Gasteiger partial charge in [0.2, 0.25) is 11.8 Å². The Kier molecular flexibility index (Phi) is 10.0. The van der Waals surface area contributed by atoms with Gasteiger partial charge >= 0.3 is 0 Å². The number of Topliss-reactive ketones (excluding diaryl/α,β-unsaturated/α-hetero) is 1. The second kappa shape index (κ2) is 14.1. The van der Waals surface area contributed by atoms with Crippen molar-refractivity contribution in [3.63, 3.8) is 0 Å². The number of ether oxygens (including phenoxy) is 1. The predicted molar refractivity (Wildman–Crippen MR) is 185 cm³/mol. The number of nitrogens with zero attached hydrogens (tertiary/aromatic N) is 4. The number of amides is 2. The molecule has 0 bridgehead atoms. The zero-order valence-electron chi connectivity index (χ0n) is 29.1. The summed E-state index contributed by atoms with van der Waals surface area (Å²) in [5.74, 6) is -2.63. The van der Waals surface area contributed by atoms with Crippen LogP contribution < -0.4 is 5.32 Å². The van der Waals surface area contributed by atoms with E-state index in [9.17, 15) is 14.4 Å². The van der Waals surface area contributed by atoms with E-state index in [2.05, 4.69) is 15.2 Å². The highest BCUT2D eigenvalue weighted by Crippen LogP contribution is 2.49. The third-order valence-electron chi connectivity index (χ3n) is 9.82. The third-order valence-corrected chi connectivity index (χ3v) is 9.82. The molecule has 1 aromatic heterocycles. The highest BCUT2D eigenvalue weighted by atomic mass is 19.1. The zero-order chi connectivity index (χ0) is 34.9. The molecule has 1 N–H and O–H groups in total. The summed E-state index contributed by atoms with van der Waals surface area (Å²) >= 11 is 0. The molecule has 0 unspecified atom stereocenters. The Balaban J connectivity index is 1.25. The SMILES string of the molecule is CC(C)(C)NC(=O)[C@@H]1CN(Cc2cccnc2)CCN1CC(=O)[C@H](F)[C@@H](Cc1ccccc1)C(=O)N1[C@H]2c3ccccc3C[C@H]2OC1(C)C. The van der Waals surface area contributed by atoms with E-state index in [1.807, 2.05) is 101 Å². The molecule has 3 aliphatic rings. The van der Waals surface area contributed by atoms with Gasteiger partial charge in [0.05, 0.1) is 24.6 Å². The Morgan fingerprint density at radius 3 is 2.43 bits per heavy atom. The van der Waals surface area contributed by atoms with Crippen molar-refractivity contribution in [1.29, 1.82) is 0 Å². The molecule has 1 aliphatic carbocycles. The topological polar surface area (TPSA) is 95.1 Å². The van der Waals surface area contributed by atoms with Gasteiger partial charge < -0.3 is 15.0 Å². The van der Waals surface area contributed by atoms with E-state index < -0.39 is 41.1 Å². The Hall–Kier alpha value is -3.99. The van der Waals surface area contributed by atoms with Crippen LogP contribution in [0.5, 0.6) is 0 Å². The Bertz CT molecular complexity index is 1650. The molecule has 10 heteroatoms. The molecule has 0 saturated carbocycles. The summed E-state index contributed by atoms with van der Waals surface area (Å²) in [6, 6.07) is 20.1. The summed E-state index contributed by atoms with van der Waals surface area (Å²) in [5.41, 5.74) is 2.43. The van der Waals surface area contributed by atoms with Gasteiger partial charge in [0.1, 0.15) is 11.8 Å². The van der Waals surface area contributed by atoms with Crippen LogP contribution in [0.15, 0.2) is 79.1 Å². The number of piperazine rings is 1. The lowest BCUT2D eigenvalue weighted by atomic mass is 9.89. The van der Waals surface area contributed by atoms with Gasteiger partial charge in [0, 0.05) is 50.5 Å². The van der Waals surface area contributed by atoms with Gasteiger partial charge in [-0.2, -0.15) is 0 Å². The first-order valence-electron chi connectivity index (χ1n) is 17.3. The Morgan fingerprint density at radius 2 is 1.71 bits per heavy atom. The molecule has 2 aliphatic heterocycles. The molecule has 2 aromatic carbocycles. The van der Waals surface area contributed by atoms with Crippen LogP contribution in [0.25, 0.3) is 0 Å². The second-order valence-corrected chi connectivity index (χ2v) is 15.1. The molecule has 2 saturated heterocycles. The van der Waals surface area contributed by atoms with E-state index in [0.29, 0.717) is 32.6 Å². The lowest BCUT2D eigenvalue weighted by Gasteiger charge is -2.41. The number of halogens is 1. The van der Waals surface area contributed by atoms with Gasteiger partial charge in [-0.1, -0.05) is 60.7 Å². The normalized spacial score (nSPS) is 23.4. The Morgan fingerprint density at radius 1 is 1.00 bits per heavy atom. The van der Waals surface area contributed by atoms with Crippen LogP contribution >= 0.6 is 0 Å². The first-order chi connectivity index (χ1) is 23.3. The number of nitrogens with one attached hydrogen (secondary N) is 1. The molecule has 2 amide bonds. The van der Waals surface area contributed by atoms with Gasteiger partial charge in [-0.15, -0.1) is 0 Å². The fraction of sp³-hybridized carbons (Fsp3) is 0.487. The summed E-state index contributed by atoms with van der Waals surface area (Å²) in [6.45, 7) is 11.1. The van der Waals surface area contributed by atoms with Crippen molar-refractivity contribution in [2.24, 2.45) is 5.92 Å². The number of carbonyl (C=O) groups is 3. The molecule has 6 rings (SSSR count). The summed E-state index contributed by atoms with van der Waals surface area (Å²) in [5, 5.41) is 3.06. The lowest BCUT2D eigenvalue weighted by Crippen LogP contribution is -2.62. The van der Waals surface area contributed by atoms with Gasteiger partial charge in [0.15, 0.2) is 12.0 Å². The second-order valence-electron chi connectivity index (χ2n) is 15.1. The standard InChI is InChI=1S/C39H48FN5O4/c1-38(2,3)42-36(47)31-24-43(23-27-14-11-17-41-22-27)18-19-44(31)25-32(46)34(40)30(20-26-12-7-6-8-13-26)37(48)45-35-29-16-10-9-15-28(29)21-33(35)49-39(45,4)5/h6-17,22,30-31,33-35H,18-21,23-25H2,1-5H3,(H,42,47)/t30-,31+,33-,34-,35+/m1/s1. The van der Waals surface area contributed by atoms with E-state index >= 15 is 4.39 Å². The van der Waals surface area contributed by atoms with Crippen molar-refractivity contribution in [3.8, 4) is 0 Å². The molecule has 9 nitrogen and oxygen atoms in total. The average molecular weight is 670 g/mol. The molecule has 49 heavy (non-hydrogen) atoms. The number of aromatic nitrogens is 1. The smallest absolute Gasteiger partial charge is 0.239 e. The third kappa shape index (κ3) is 7.77. The average Bonchev–Trinajstić information content (AvgIpc) is 3.53. The quantitative estimate of drug-likeness (QED) is 0.340. The number of alkyl halides is 1. The number of rotatable bonds is 10. The van der Waals surface area contributed by atoms with E-state index in [4.69, 9.17) is 4.74 Å². The lowest BCUT2D eigenvalue weighted by molar-refractivity contribution is -0.157. The molecule has 260 valence electrons. The highest BCUT2D eigenvalue weighted by Gasteiger charge is 2.55. The first-order valence-corrected chi connectivity index (χ1v) is 17.3. The molecule has 3 aromatic rings. The van der Waals surface area contributed by atoms with Crippen LogP contribution in [0.4, 0.5) is 4.39 Å². The number of hydrogen-bond acceptors (Lipinski definition) is 7. The summed E-state index contributed by atoms with van der Waals surface area (Å²) in [6.07, 6.45) is 1.92. The number of pyridine rings is 1. The first kappa shape index (κ1) is 34.9. The molecule has 0 spiro atoms. The number of ketones is 1. The van der Waals surface area contributed by atoms with Crippen LogP contribution in [0.2, 0.25) is 0 Å². The zero-order valence-corrected chi connectivity index (χ0v) is 29.1. The molecular formula is C39H48FN5O4. The van der Waals surface area contributed by atoms with E-state index in [0.717, 1.165) is 22.3 Å². The summed E-state index contributed by atoms with van der Waals surface area (Å²) < 4.78 is 23.3. The Labute approximate surface area is 288 Å². The van der Waals surface area contributed by atoms with E-state index in [-0.39, 0.29) is 31.0 Å². The minimum atomic E-state index is -2.08. The van der Waals surface area contributed by atoms with Crippen molar-refractivity contribution in [2.45, 2.75) is 89.6 Å². The van der Waals surface area contributed by atoms with Crippen molar-refractivity contribution in [1.82, 2.24) is 25.0 Å². The van der Waals surface area contributed by atoms with Crippen LogP contribution in [0.3, 0.4) is 0 Å². The van der Waals surface area contributed by atoms with E-state index in [1.165, 1.54) is 0 Å². The summed E-state index contributed by atoms with van der Waals surface area (Å²) in [7, 11) is 0.